The molecule has 0 spiro atoms. The molecule has 0 saturated heterocycles. The van der Waals surface area contributed by atoms with E-state index in [9.17, 15) is 4.79 Å². The number of oxazole rings is 1. The van der Waals surface area contributed by atoms with Crippen LogP contribution in [0.25, 0.3) is 22.2 Å². The molecule has 0 aliphatic carbocycles. The quantitative estimate of drug-likeness (QED) is 0.516. The Morgan fingerprint density at radius 1 is 0.963 bits per heavy atom. The maximum absolute atomic E-state index is 12.9. The van der Waals surface area contributed by atoms with E-state index < -0.39 is 0 Å². The number of hydrogen-bond donors (Lipinski definition) is 0. The third kappa shape index (κ3) is 3.34. The van der Waals surface area contributed by atoms with Crippen LogP contribution >= 0.6 is 0 Å². The zero-order chi connectivity index (χ0) is 18.8. The Labute approximate surface area is 158 Å². The summed E-state index contributed by atoms with van der Waals surface area (Å²) in [7, 11) is 1.80. The van der Waals surface area contributed by atoms with E-state index in [4.69, 9.17) is 4.42 Å². The number of benzene rings is 3. The highest BCUT2D eigenvalue weighted by Gasteiger charge is 2.19. The summed E-state index contributed by atoms with van der Waals surface area (Å²) in [5, 5.41) is 2.16. The lowest BCUT2D eigenvalue weighted by Crippen LogP contribution is -2.28. The Bertz CT molecular complexity index is 1090. The zero-order valence-corrected chi connectivity index (χ0v) is 15.3. The molecule has 4 nitrogen and oxygen atoms in total. The third-order valence-corrected chi connectivity index (χ3v) is 4.73. The van der Waals surface area contributed by atoms with Crippen LogP contribution in [0.2, 0.25) is 0 Å². The van der Waals surface area contributed by atoms with Gasteiger partial charge < -0.3 is 9.32 Å². The second-order valence-electron chi connectivity index (χ2n) is 6.52. The number of anilines is 1. The molecule has 0 fully saturated rings. The van der Waals surface area contributed by atoms with E-state index in [1.165, 1.54) is 0 Å². The topological polar surface area (TPSA) is 46.3 Å². The average molecular weight is 356 g/mol. The largest absolute Gasteiger partial charge is 0.441 e. The van der Waals surface area contributed by atoms with Gasteiger partial charge in [-0.15, -0.1) is 0 Å². The molecule has 1 heterocycles. The molecule has 0 unspecified atom stereocenters. The first-order chi connectivity index (χ1) is 13.1. The summed E-state index contributed by atoms with van der Waals surface area (Å²) >= 11 is 0. The van der Waals surface area contributed by atoms with Crippen molar-refractivity contribution in [3.05, 3.63) is 84.3 Å². The lowest BCUT2D eigenvalue weighted by Gasteiger charge is -2.19. The minimum atomic E-state index is -0.0256. The highest BCUT2D eigenvalue weighted by molar-refractivity contribution is 6.03. The van der Waals surface area contributed by atoms with Crippen LogP contribution in [0.5, 0.6) is 0 Å². The van der Waals surface area contributed by atoms with Gasteiger partial charge in [0.1, 0.15) is 5.76 Å². The number of carbonyl (C=O) groups excluding carboxylic acids is 1. The van der Waals surface area contributed by atoms with E-state index in [1.54, 1.807) is 11.9 Å². The predicted octanol–water partition coefficient (Wildman–Crippen LogP) is 5.01. The fraction of sp³-hybridized carbons (Fsp3) is 0.130. The minimum Gasteiger partial charge on any atom is -0.441 e. The fourth-order valence-corrected chi connectivity index (χ4v) is 3.19. The first-order valence-corrected chi connectivity index (χ1v) is 8.89. The van der Waals surface area contributed by atoms with Gasteiger partial charge in [-0.3, -0.25) is 4.79 Å². The van der Waals surface area contributed by atoms with Gasteiger partial charge in [0, 0.05) is 18.0 Å². The van der Waals surface area contributed by atoms with Gasteiger partial charge in [0.15, 0.2) is 0 Å². The Kier molecular flexibility index (Phi) is 4.47. The average Bonchev–Trinajstić information content (AvgIpc) is 3.08. The number of carbonyl (C=O) groups is 1. The molecule has 4 rings (SSSR count). The number of likely N-dealkylation sites (N-methyl/N-ethyl adjacent to an activating group) is 1. The van der Waals surface area contributed by atoms with Crippen molar-refractivity contribution in [2.24, 2.45) is 0 Å². The molecule has 0 N–H and O–H groups in total. The number of fused-ring (bicyclic) bond motifs is 1. The fourth-order valence-electron chi connectivity index (χ4n) is 3.19. The van der Waals surface area contributed by atoms with Crippen molar-refractivity contribution >= 4 is 22.4 Å². The van der Waals surface area contributed by atoms with Gasteiger partial charge in [-0.25, -0.2) is 4.98 Å². The summed E-state index contributed by atoms with van der Waals surface area (Å²) in [4.78, 5) is 19.1. The van der Waals surface area contributed by atoms with Crippen LogP contribution in [0.1, 0.15) is 11.5 Å². The number of nitrogens with zero attached hydrogens (tertiary/aromatic N) is 2. The lowest BCUT2D eigenvalue weighted by atomic mass is 10.1. The van der Waals surface area contributed by atoms with Gasteiger partial charge in [0.2, 0.25) is 11.8 Å². The number of rotatable bonds is 4. The van der Waals surface area contributed by atoms with E-state index in [0.717, 1.165) is 22.0 Å². The Hall–Kier alpha value is -3.40. The van der Waals surface area contributed by atoms with Crippen LogP contribution in [-0.4, -0.2) is 17.9 Å². The van der Waals surface area contributed by atoms with Gasteiger partial charge >= 0.3 is 0 Å². The molecule has 0 aliphatic heterocycles. The van der Waals surface area contributed by atoms with Gasteiger partial charge in [0.25, 0.3) is 0 Å². The van der Waals surface area contributed by atoms with Crippen molar-refractivity contribution in [1.29, 1.82) is 0 Å². The van der Waals surface area contributed by atoms with Crippen LogP contribution in [0, 0.1) is 6.92 Å². The molecule has 134 valence electrons. The van der Waals surface area contributed by atoms with Crippen molar-refractivity contribution in [3.63, 3.8) is 0 Å². The van der Waals surface area contributed by atoms with Gasteiger partial charge in [-0.1, -0.05) is 54.6 Å². The number of hydrogen-bond acceptors (Lipinski definition) is 3. The Morgan fingerprint density at radius 3 is 2.48 bits per heavy atom. The van der Waals surface area contributed by atoms with Gasteiger partial charge in [-0.2, -0.15) is 0 Å². The van der Waals surface area contributed by atoms with Crippen molar-refractivity contribution < 1.29 is 9.21 Å². The van der Waals surface area contributed by atoms with E-state index in [1.807, 2.05) is 79.7 Å². The summed E-state index contributed by atoms with van der Waals surface area (Å²) < 4.78 is 5.78. The van der Waals surface area contributed by atoms with Crippen molar-refractivity contribution in [1.82, 2.24) is 4.98 Å². The maximum Gasteiger partial charge on any atom is 0.232 e. The molecule has 1 amide bonds. The second-order valence-corrected chi connectivity index (χ2v) is 6.52. The molecule has 4 aromatic rings. The van der Waals surface area contributed by atoms with Crippen LogP contribution < -0.4 is 4.90 Å². The number of amides is 1. The first kappa shape index (κ1) is 17.0. The Morgan fingerprint density at radius 2 is 1.67 bits per heavy atom. The lowest BCUT2D eigenvalue weighted by molar-refractivity contribution is -0.117. The van der Waals surface area contributed by atoms with Crippen LogP contribution in [0.15, 0.2) is 77.2 Å². The maximum atomic E-state index is 12.9. The van der Waals surface area contributed by atoms with Crippen molar-refractivity contribution in [2.45, 2.75) is 13.3 Å². The van der Waals surface area contributed by atoms with E-state index in [-0.39, 0.29) is 12.3 Å². The summed E-state index contributed by atoms with van der Waals surface area (Å²) in [6, 6.07) is 23.7. The number of aromatic nitrogens is 1. The molecular weight excluding hydrogens is 336 g/mol. The van der Waals surface area contributed by atoms with E-state index >= 15 is 0 Å². The summed E-state index contributed by atoms with van der Waals surface area (Å²) in [6.45, 7) is 1.85. The van der Waals surface area contributed by atoms with Crippen LogP contribution in [0.3, 0.4) is 0 Å². The molecule has 3 aromatic carbocycles. The Balaban J connectivity index is 1.60. The van der Waals surface area contributed by atoms with Crippen LogP contribution in [0.4, 0.5) is 5.69 Å². The molecule has 0 atom stereocenters. The van der Waals surface area contributed by atoms with Crippen molar-refractivity contribution in [2.75, 3.05) is 11.9 Å². The second kappa shape index (κ2) is 7.08. The van der Waals surface area contributed by atoms with Gasteiger partial charge in [-0.05, 0) is 30.5 Å². The summed E-state index contributed by atoms with van der Waals surface area (Å²) in [5.41, 5.74) is 2.47. The molecule has 4 heteroatoms. The molecule has 0 radical (unpaired) electrons. The van der Waals surface area contributed by atoms with Gasteiger partial charge in [0.05, 0.1) is 17.8 Å². The summed E-state index contributed by atoms with van der Waals surface area (Å²) in [5.74, 6) is 1.19. The number of aryl methyl sites for hydroxylation is 1. The molecule has 27 heavy (non-hydrogen) atoms. The molecule has 0 bridgehead atoms. The molecule has 0 aliphatic rings. The van der Waals surface area contributed by atoms with E-state index in [0.29, 0.717) is 17.3 Å². The molecular formula is C23H20N2O2. The highest BCUT2D eigenvalue weighted by Crippen LogP contribution is 2.27. The van der Waals surface area contributed by atoms with E-state index in [2.05, 4.69) is 4.98 Å². The molecule has 1 aromatic heterocycles. The summed E-state index contributed by atoms with van der Waals surface area (Å²) in [6.07, 6.45) is 0.196. The first-order valence-electron chi connectivity index (χ1n) is 8.89. The van der Waals surface area contributed by atoms with Crippen molar-refractivity contribution in [3.8, 4) is 11.5 Å². The zero-order valence-electron chi connectivity index (χ0n) is 15.3. The minimum absolute atomic E-state index is 0.0256. The third-order valence-electron chi connectivity index (χ3n) is 4.73. The SMILES string of the molecule is Cc1oc(-c2ccccc2)nc1CC(=O)N(C)c1cccc2ccccc12. The highest BCUT2D eigenvalue weighted by atomic mass is 16.4. The monoisotopic (exact) mass is 356 g/mol. The molecule has 0 saturated carbocycles. The normalized spacial score (nSPS) is 10.9. The van der Waals surface area contributed by atoms with Crippen LogP contribution in [-0.2, 0) is 11.2 Å². The predicted molar refractivity (Wildman–Crippen MR) is 108 cm³/mol. The standard InChI is InChI=1S/C23H20N2O2/c1-16-20(24-23(27-16)18-10-4-3-5-11-18)15-22(26)25(2)21-14-8-12-17-9-6-7-13-19(17)21/h3-14H,15H2,1-2H3. The smallest absolute Gasteiger partial charge is 0.232 e.